The molecule has 0 aliphatic carbocycles. The summed E-state index contributed by atoms with van der Waals surface area (Å²) in [6.45, 7) is 15.7. The van der Waals surface area contributed by atoms with Gasteiger partial charge in [-0.3, -0.25) is 4.90 Å². The number of carbonyl (C=O) groups is 1. The molecule has 36 heavy (non-hydrogen) atoms. The van der Waals surface area contributed by atoms with Gasteiger partial charge in [0.1, 0.15) is 5.67 Å². The number of piperazine rings is 1. The second-order valence-electron chi connectivity index (χ2n) is 10.6. The summed E-state index contributed by atoms with van der Waals surface area (Å²) < 4.78 is 21.5. The van der Waals surface area contributed by atoms with Crippen molar-refractivity contribution >= 4 is 16.9 Å². The lowest BCUT2D eigenvalue weighted by atomic mass is 10.0. The van der Waals surface area contributed by atoms with Gasteiger partial charge in [0.15, 0.2) is 0 Å². The van der Waals surface area contributed by atoms with E-state index in [4.69, 9.17) is 4.74 Å². The van der Waals surface area contributed by atoms with Gasteiger partial charge in [0.25, 0.3) is 0 Å². The second-order valence-corrected chi connectivity index (χ2v) is 10.6. The van der Waals surface area contributed by atoms with Crippen molar-refractivity contribution in [2.24, 2.45) is 0 Å². The van der Waals surface area contributed by atoms with E-state index >= 15 is 0 Å². The van der Waals surface area contributed by atoms with Crippen LogP contribution < -0.4 is 0 Å². The van der Waals surface area contributed by atoms with E-state index in [9.17, 15) is 9.18 Å². The number of hydrogen-bond acceptors (Lipinski definition) is 4. The van der Waals surface area contributed by atoms with E-state index in [1.54, 1.807) is 13.8 Å². The molecule has 4 rings (SSSR count). The zero-order valence-electron chi connectivity index (χ0n) is 22.2. The van der Waals surface area contributed by atoms with Gasteiger partial charge in [-0.1, -0.05) is 36.9 Å². The molecule has 0 spiro atoms. The molecular weight excluding hydrogens is 453 g/mol. The molecule has 2 aromatic carbocycles. The van der Waals surface area contributed by atoms with E-state index in [0.717, 1.165) is 43.9 Å². The van der Waals surface area contributed by atoms with Crippen LogP contribution in [0.5, 0.6) is 0 Å². The number of rotatable bonds is 8. The molecule has 2 heterocycles. The lowest BCUT2D eigenvalue weighted by Gasteiger charge is -2.44. The van der Waals surface area contributed by atoms with Gasteiger partial charge in [-0.2, -0.15) is 0 Å². The highest BCUT2D eigenvalue weighted by molar-refractivity contribution is 5.89. The molecule has 5 nitrogen and oxygen atoms in total. The van der Waals surface area contributed by atoms with E-state index in [-0.39, 0.29) is 12.0 Å². The number of alkyl halides is 1. The maximum absolute atomic E-state index is 14.3. The summed E-state index contributed by atoms with van der Waals surface area (Å²) in [6.07, 6.45) is 0.798. The molecule has 1 aliphatic heterocycles. The van der Waals surface area contributed by atoms with Gasteiger partial charge in [0, 0.05) is 54.5 Å². The predicted molar refractivity (Wildman–Crippen MR) is 144 cm³/mol. The lowest BCUT2D eigenvalue weighted by molar-refractivity contribution is 0.0600. The van der Waals surface area contributed by atoms with Crippen LogP contribution in [0.3, 0.4) is 0 Å². The average molecular weight is 492 g/mol. The number of esters is 1. The monoisotopic (exact) mass is 491 g/mol. The third-order valence-electron chi connectivity index (χ3n) is 7.17. The van der Waals surface area contributed by atoms with Crippen LogP contribution in [0.2, 0.25) is 0 Å². The largest absolute Gasteiger partial charge is 0.465 e. The van der Waals surface area contributed by atoms with Gasteiger partial charge in [-0.05, 0) is 63.4 Å². The molecule has 1 saturated heterocycles. The van der Waals surface area contributed by atoms with Gasteiger partial charge in [-0.25, -0.2) is 9.18 Å². The molecule has 192 valence electrons. The van der Waals surface area contributed by atoms with Crippen molar-refractivity contribution < 1.29 is 13.9 Å². The first-order valence-electron chi connectivity index (χ1n) is 12.7. The van der Waals surface area contributed by atoms with Gasteiger partial charge < -0.3 is 14.2 Å². The summed E-state index contributed by atoms with van der Waals surface area (Å²) >= 11 is 0. The third-order valence-corrected chi connectivity index (χ3v) is 7.17. The molecule has 1 aromatic heterocycles. The number of carbonyl (C=O) groups excluding carboxylic acids is 1. The number of fused-ring (bicyclic) bond motifs is 1. The fourth-order valence-electron chi connectivity index (χ4n) is 5.38. The molecule has 1 atom stereocenters. The molecule has 0 saturated carbocycles. The first-order valence-corrected chi connectivity index (χ1v) is 12.7. The van der Waals surface area contributed by atoms with E-state index < -0.39 is 5.67 Å². The number of ether oxygens (including phenoxy) is 1. The van der Waals surface area contributed by atoms with Crippen LogP contribution in [0.15, 0.2) is 60.8 Å². The average Bonchev–Trinajstić information content (AvgIpc) is 3.10. The number of benzene rings is 2. The van der Waals surface area contributed by atoms with Crippen molar-refractivity contribution in [3.05, 3.63) is 83.2 Å². The minimum atomic E-state index is -1.24. The highest BCUT2D eigenvalue weighted by atomic mass is 19.1. The summed E-state index contributed by atoms with van der Waals surface area (Å²) in [5, 5.41) is 1.26. The smallest absolute Gasteiger partial charge is 0.337 e. The van der Waals surface area contributed by atoms with Crippen LogP contribution in [0.4, 0.5) is 4.39 Å². The minimum absolute atomic E-state index is 0.229. The fraction of sp³-hybridized carbons (Fsp3) is 0.433. The summed E-state index contributed by atoms with van der Waals surface area (Å²) in [4.78, 5) is 16.3. The Hall–Kier alpha value is -3.12. The first-order chi connectivity index (χ1) is 17.1. The van der Waals surface area contributed by atoms with Crippen molar-refractivity contribution in [3.63, 3.8) is 0 Å². The normalized spacial score (nSPS) is 17.1. The molecule has 0 radical (unpaired) electrons. The molecular formula is C30H38FN3O2. The zero-order valence-corrected chi connectivity index (χ0v) is 22.2. The number of nitrogens with zero attached hydrogens (tertiary/aromatic N) is 3. The number of halogens is 1. The van der Waals surface area contributed by atoms with Gasteiger partial charge in [-0.15, -0.1) is 0 Å². The Morgan fingerprint density at radius 2 is 1.83 bits per heavy atom. The maximum atomic E-state index is 14.3. The minimum Gasteiger partial charge on any atom is -0.465 e. The molecule has 6 heteroatoms. The Balaban J connectivity index is 1.50. The zero-order chi connectivity index (χ0) is 26.0. The standard InChI is InChI=1S/C30H38FN3O2/c1-21-18-32(19-22(2)34(21)20-30(4,5)31)15-16-33-23(3)27(26-9-7-8-10-28(26)33)17-24-11-13-25(14-12-24)29(35)36-6/h7-14,22H,1,15-20H2,2-6H3/t22-/m1/s1. The molecule has 0 amide bonds. The topological polar surface area (TPSA) is 37.7 Å². The van der Waals surface area contributed by atoms with E-state index in [1.807, 2.05) is 24.3 Å². The lowest BCUT2D eigenvalue weighted by Crippen LogP contribution is -2.53. The SMILES string of the molecule is C=C1CN(CCn2c(C)c(Cc3ccc(C(=O)OC)cc3)c3ccccc32)C[C@@H](C)N1CC(C)(C)F. The van der Waals surface area contributed by atoms with E-state index in [0.29, 0.717) is 12.1 Å². The second kappa shape index (κ2) is 10.5. The third kappa shape index (κ3) is 5.65. The Labute approximate surface area is 214 Å². The van der Waals surface area contributed by atoms with Gasteiger partial charge in [0.05, 0.1) is 19.2 Å². The Bertz CT molecular complexity index is 1240. The van der Waals surface area contributed by atoms with Crippen molar-refractivity contribution in [1.29, 1.82) is 0 Å². The van der Waals surface area contributed by atoms with Crippen molar-refractivity contribution in [1.82, 2.24) is 14.4 Å². The number of para-hydroxylation sites is 1. The van der Waals surface area contributed by atoms with Crippen LogP contribution in [0.1, 0.15) is 48.0 Å². The van der Waals surface area contributed by atoms with E-state index in [2.05, 4.69) is 59.1 Å². The van der Waals surface area contributed by atoms with Crippen LogP contribution in [-0.4, -0.2) is 65.3 Å². The predicted octanol–water partition coefficient (Wildman–Crippen LogP) is 5.60. The van der Waals surface area contributed by atoms with Crippen LogP contribution in [0.25, 0.3) is 10.9 Å². The Morgan fingerprint density at radius 3 is 2.47 bits per heavy atom. The van der Waals surface area contributed by atoms with Crippen molar-refractivity contribution in [2.45, 2.75) is 52.4 Å². The molecule has 1 fully saturated rings. The molecule has 0 bridgehead atoms. The molecule has 0 N–H and O–H groups in total. The maximum Gasteiger partial charge on any atom is 0.337 e. The summed E-state index contributed by atoms with van der Waals surface area (Å²) in [5.74, 6) is -0.319. The van der Waals surface area contributed by atoms with Crippen LogP contribution >= 0.6 is 0 Å². The van der Waals surface area contributed by atoms with Crippen LogP contribution in [-0.2, 0) is 17.7 Å². The molecule has 1 aliphatic rings. The fourth-order valence-corrected chi connectivity index (χ4v) is 5.38. The Morgan fingerprint density at radius 1 is 1.14 bits per heavy atom. The van der Waals surface area contributed by atoms with Crippen LogP contribution in [0, 0.1) is 6.92 Å². The number of methoxy groups -OCH3 is 1. The Kier molecular flexibility index (Phi) is 7.55. The summed E-state index contributed by atoms with van der Waals surface area (Å²) in [6, 6.07) is 16.5. The van der Waals surface area contributed by atoms with Gasteiger partial charge in [0.2, 0.25) is 0 Å². The first kappa shape index (κ1) is 26.0. The van der Waals surface area contributed by atoms with Crippen molar-refractivity contribution in [3.8, 4) is 0 Å². The number of hydrogen-bond donors (Lipinski definition) is 0. The van der Waals surface area contributed by atoms with Gasteiger partial charge >= 0.3 is 5.97 Å². The van der Waals surface area contributed by atoms with E-state index in [1.165, 1.54) is 29.3 Å². The summed E-state index contributed by atoms with van der Waals surface area (Å²) in [7, 11) is 1.40. The quantitative estimate of drug-likeness (QED) is 0.385. The number of aromatic nitrogens is 1. The molecule has 3 aromatic rings. The molecule has 0 unspecified atom stereocenters. The highest BCUT2D eigenvalue weighted by Gasteiger charge is 2.30. The highest BCUT2D eigenvalue weighted by Crippen LogP contribution is 2.29. The van der Waals surface area contributed by atoms with Crippen molar-refractivity contribution in [2.75, 3.05) is 33.3 Å². The summed E-state index contributed by atoms with van der Waals surface area (Å²) in [5.41, 5.74) is 5.28.